The molecular weight excluding hydrogens is 302 g/mol. The second kappa shape index (κ2) is 7.20. The fourth-order valence-electron chi connectivity index (χ4n) is 1.79. The van der Waals surface area contributed by atoms with Crippen molar-refractivity contribution in [2.45, 2.75) is 42.1 Å². The molecule has 7 heteroatoms. The third-order valence-corrected chi connectivity index (χ3v) is 5.33. The van der Waals surface area contributed by atoms with Crippen molar-refractivity contribution in [3.05, 3.63) is 23.4 Å². The number of aryl methyl sites for hydroxylation is 1. The summed E-state index contributed by atoms with van der Waals surface area (Å²) < 4.78 is 0.910. The van der Waals surface area contributed by atoms with Gasteiger partial charge in [-0.1, -0.05) is 24.3 Å². The van der Waals surface area contributed by atoms with Crippen molar-refractivity contribution in [2.75, 3.05) is 19.0 Å². The average molecular weight is 323 g/mol. The topological polar surface area (TPSA) is 67.9 Å². The summed E-state index contributed by atoms with van der Waals surface area (Å²) in [5, 5.41) is 10.2. The molecule has 0 aliphatic carbocycles. The molecule has 0 aliphatic heterocycles. The van der Waals surface area contributed by atoms with Gasteiger partial charge >= 0.3 is 0 Å². The third-order valence-electron chi connectivity index (χ3n) is 3.07. The minimum absolute atomic E-state index is 0.204. The van der Waals surface area contributed by atoms with Gasteiger partial charge < -0.3 is 10.6 Å². The van der Waals surface area contributed by atoms with Crippen LogP contribution in [0.25, 0.3) is 0 Å². The number of nitrogens with zero attached hydrogens (tertiary/aromatic N) is 4. The van der Waals surface area contributed by atoms with E-state index in [1.165, 1.54) is 5.56 Å². The first kappa shape index (κ1) is 16.2. The summed E-state index contributed by atoms with van der Waals surface area (Å²) in [4.78, 5) is 6.50. The molecule has 1 unspecified atom stereocenters. The van der Waals surface area contributed by atoms with E-state index in [0.717, 1.165) is 32.9 Å². The highest BCUT2D eigenvalue weighted by molar-refractivity contribution is 8.01. The van der Waals surface area contributed by atoms with E-state index >= 15 is 0 Å². The molecule has 0 saturated carbocycles. The van der Waals surface area contributed by atoms with Gasteiger partial charge in [0.1, 0.15) is 5.03 Å². The lowest BCUT2D eigenvalue weighted by atomic mass is 10.1. The van der Waals surface area contributed by atoms with E-state index in [1.807, 2.05) is 25.2 Å². The van der Waals surface area contributed by atoms with Crippen molar-refractivity contribution in [1.82, 2.24) is 15.2 Å². The Bertz CT molecular complexity index is 597. The fraction of sp³-hybridized carbons (Fsp3) is 0.500. The van der Waals surface area contributed by atoms with Gasteiger partial charge in [-0.2, -0.15) is 0 Å². The van der Waals surface area contributed by atoms with Gasteiger partial charge in [0.2, 0.25) is 5.13 Å². The molecule has 21 heavy (non-hydrogen) atoms. The van der Waals surface area contributed by atoms with Gasteiger partial charge in [-0.05, 0) is 42.7 Å². The number of hydrogen-bond acceptors (Lipinski definition) is 7. The molecule has 2 rings (SSSR count). The molecule has 0 bridgehead atoms. The van der Waals surface area contributed by atoms with Crippen LogP contribution in [0.5, 0.6) is 0 Å². The highest BCUT2D eigenvalue weighted by atomic mass is 32.2. The van der Waals surface area contributed by atoms with Crippen LogP contribution >= 0.6 is 23.1 Å². The number of pyridine rings is 1. The summed E-state index contributed by atoms with van der Waals surface area (Å²) in [5.41, 5.74) is 8.34. The molecule has 0 amide bonds. The minimum atomic E-state index is 0.204. The fourth-order valence-corrected chi connectivity index (χ4v) is 3.49. The predicted octanol–water partition coefficient (Wildman–Crippen LogP) is 2.74. The third kappa shape index (κ3) is 4.39. The Labute approximate surface area is 134 Å². The van der Waals surface area contributed by atoms with Crippen molar-refractivity contribution in [2.24, 2.45) is 5.73 Å². The van der Waals surface area contributed by atoms with E-state index < -0.39 is 0 Å². The number of anilines is 1. The maximum absolute atomic E-state index is 5.99. The Kier molecular flexibility index (Phi) is 5.55. The number of hydrogen-bond donors (Lipinski definition) is 1. The van der Waals surface area contributed by atoms with E-state index in [4.69, 9.17) is 5.73 Å². The molecule has 1 atom stereocenters. The molecule has 2 aromatic rings. The second-order valence-electron chi connectivity index (χ2n) is 5.19. The van der Waals surface area contributed by atoms with Gasteiger partial charge in [0.05, 0.1) is 0 Å². The molecule has 5 nitrogen and oxygen atoms in total. The zero-order valence-corrected chi connectivity index (χ0v) is 14.5. The van der Waals surface area contributed by atoms with Crippen molar-refractivity contribution in [3.8, 4) is 0 Å². The molecule has 0 fully saturated rings. The van der Waals surface area contributed by atoms with Crippen LogP contribution < -0.4 is 10.6 Å². The Morgan fingerprint density at radius 3 is 2.71 bits per heavy atom. The standard InChI is InChI=1S/C14H21N5S2/c1-5-11(15)7-10-6-9(2)12(16-8-10)20-14-18-17-13(21-14)19(3)4/h6,8,11H,5,7,15H2,1-4H3. The summed E-state index contributed by atoms with van der Waals surface area (Å²) in [7, 11) is 3.93. The Hall–Kier alpha value is -1.18. The summed E-state index contributed by atoms with van der Waals surface area (Å²) in [6.07, 6.45) is 3.77. The van der Waals surface area contributed by atoms with Crippen LogP contribution in [0.4, 0.5) is 5.13 Å². The summed E-state index contributed by atoms with van der Waals surface area (Å²) >= 11 is 3.13. The predicted molar refractivity (Wildman–Crippen MR) is 89.3 cm³/mol. The molecule has 114 valence electrons. The highest BCUT2D eigenvalue weighted by Crippen LogP contribution is 2.33. The number of nitrogens with two attached hydrogens (primary N) is 1. The van der Waals surface area contributed by atoms with Gasteiger partial charge in [-0.15, -0.1) is 10.2 Å². The van der Waals surface area contributed by atoms with Crippen LogP contribution in [0.3, 0.4) is 0 Å². The highest BCUT2D eigenvalue weighted by Gasteiger charge is 2.11. The maximum Gasteiger partial charge on any atom is 0.208 e. The summed E-state index contributed by atoms with van der Waals surface area (Å²) in [6, 6.07) is 2.37. The van der Waals surface area contributed by atoms with Crippen LogP contribution in [0.1, 0.15) is 24.5 Å². The average Bonchev–Trinajstić information content (AvgIpc) is 2.90. The number of aromatic nitrogens is 3. The van der Waals surface area contributed by atoms with E-state index in [1.54, 1.807) is 23.1 Å². The Balaban J connectivity index is 2.09. The zero-order chi connectivity index (χ0) is 15.4. The van der Waals surface area contributed by atoms with Crippen molar-refractivity contribution < 1.29 is 0 Å². The molecule has 0 radical (unpaired) electrons. The lowest BCUT2D eigenvalue weighted by molar-refractivity contribution is 0.644. The molecule has 2 heterocycles. The Morgan fingerprint density at radius 2 is 2.14 bits per heavy atom. The largest absolute Gasteiger partial charge is 0.353 e. The maximum atomic E-state index is 5.99. The quantitative estimate of drug-likeness (QED) is 0.881. The summed E-state index contributed by atoms with van der Waals surface area (Å²) in [6.45, 7) is 4.18. The molecule has 2 aromatic heterocycles. The van der Waals surface area contributed by atoms with E-state index in [0.29, 0.717) is 0 Å². The molecule has 0 aromatic carbocycles. The molecule has 0 spiro atoms. The van der Waals surface area contributed by atoms with Gasteiger partial charge in [-0.3, -0.25) is 0 Å². The first-order valence-corrected chi connectivity index (χ1v) is 8.52. The van der Waals surface area contributed by atoms with Crippen molar-refractivity contribution >= 4 is 28.2 Å². The van der Waals surface area contributed by atoms with Gasteiger partial charge in [0.25, 0.3) is 0 Å². The van der Waals surface area contributed by atoms with Crippen LogP contribution in [0.2, 0.25) is 0 Å². The minimum Gasteiger partial charge on any atom is -0.353 e. The lowest BCUT2D eigenvalue weighted by Gasteiger charge is -2.10. The monoisotopic (exact) mass is 323 g/mol. The first-order chi connectivity index (χ1) is 9.99. The van der Waals surface area contributed by atoms with Crippen LogP contribution in [0.15, 0.2) is 21.6 Å². The normalized spacial score (nSPS) is 12.4. The second-order valence-corrected chi connectivity index (χ2v) is 7.38. The van der Waals surface area contributed by atoms with Crippen molar-refractivity contribution in [3.63, 3.8) is 0 Å². The molecule has 0 aliphatic rings. The van der Waals surface area contributed by atoms with E-state index in [-0.39, 0.29) is 6.04 Å². The lowest BCUT2D eigenvalue weighted by Crippen LogP contribution is -2.21. The first-order valence-electron chi connectivity index (χ1n) is 6.89. The van der Waals surface area contributed by atoms with Crippen LogP contribution in [-0.4, -0.2) is 35.3 Å². The van der Waals surface area contributed by atoms with Crippen molar-refractivity contribution in [1.29, 1.82) is 0 Å². The van der Waals surface area contributed by atoms with Crippen LogP contribution in [0, 0.1) is 6.92 Å². The molecular formula is C14H21N5S2. The Morgan fingerprint density at radius 1 is 1.38 bits per heavy atom. The zero-order valence-electron chi connectivity index (χ0n) is 12.8. The molecule has 2 N–H and O–H groups in total. The SMILES string of the molecule is CCC(N)Cc1cnc(Sc2nnc(N(C)C)s2)c(C)c1. The molecule has 0 saturated heterocycles. The van der Waals surface area contributed by atoms with Crippen LogP contribution in [-0.2, 0) is 6.42 Å². The number of rotatable bonds is 6. The summed E-state index contributed by atoms with van der Waals surface area (Å²) in [5.74, 6) is 0. The van der Waals surface area contributed by atoms with Gasteiger partial charge in [0.15, 0.2) is 4.34 Å². The van der Waals surface area contributed by atoms with E-state index in [9.17, 15) is 0 Å². The smallest absolute Gasteiger partial charge is 0.208 e. The van der Waals surface area contributed by atoms with E-state index in [2.05, 4.69) is 35.1 Å². The van der Waals surface area contributed by atoms with Gasteiger partial charge in [-0.25, -0.2) is 4.98 Å². The van der Waals surface area contributed by atoms with Gasteiger partial charge in [0, 0.05) is 26.3 Å².